The quantitative estimate of drug-likeness (QED) is 0.866. The first-order valence-electron chi connectivity index (χ1n) is 7.34. The lowest BCUT2D eigenvalue weighted by atomic mass is 9.92. The van der Waals surface area contributed by atoms with Crippen molar-refractivity contribution in [3.63, 3.8) is 0 Å². The summed E-state index contributed by atoms with van der Waals surface area (Å²) in [5, 5.41) is 7.07. The molecular formula is C14H18N4O2S. The zero-order chi connectivity index (χ0) is 14.2. The minimum absolute atomic E-state index is 0.0268. The van der Waals surface area contributed by atoms with Crippen LogP contribution in [0.15, 0.2) is 16.1 Å². The van der Waals surface area contributed by atoms with Gasteiger partial charge in [0.1, 0.15) is 11.1 Å². The van der Waals surface area contributed by atoms with Crippen LogP contribution in [0.3, 0.4) is 0 Å². The van der Waals surface area contributed by atoms with E-state index in [2.05, 4.69) is 20.0 Å². The number of likely N-dealkylation sites (tertiary alicyclic amines) is 1. The lowest BCUT2D eigenvalue weighted by Crippen LogP contribution is -2.41. The van der Waals surface area contributed by atoms with Gasteiger partial charge in [-0.2, -0.15) is 4.98 Å². The smallest absolute Gasteiger partial charge is 0.255 e. The van der Waals surface area contributed by atoms with Crippen LogP contribution in [-0.2, 0) is 11.3 Å². The molecule has 2 aliphatic heterocycles. The molecule has 2 fully saturated rings. The third-order valence-electron chi connectivity index (χ3n) is 4.30. The normalized spacial score (nSPS) is 29.7. The summed E-state index contributed by atoms with van der Waals surface area (Å²) < 4.78 is 11.4. The molecule has 0 radical (unpaired) electrons. The number of rotatable bonds is 3. The lowest BCUT2D eigenvalue weighted by molar-refractivity contribution is -0.0190. The number of fused-ring (bicyclic) bond motifs is 1. The lowest BCUT2D eigenvalue weighted by Gasteiger charge is -2.33. The Morgan fingerprint density at radius 2 is 2.43 bits per heavy atom. The van der Waals surface area contributed by atoms with Gasteiger partial charge < -0.3 is 9.26 Å². The van der Waals surface area contributed by atoms with E-state index in [1.807, 2.05) is 18.5 Å². The highest BCUT2D eigenvalue weighted by atomic mass is 32.1. The average molecular weight is 306 g/mol. The molecule has 0 spiro atoms. The van der Waals surface area contributed by atoms with E-state index in [4.69, 9.17) is 9.26 Å². The number of piperidine rings is 1. The third-order valence-corrected chi connectivity index (χ3v) is 5.06. The van der Waals surface area contributed by atoms with Gasteiger partial charge in [0.05, 0.1) is 12.6 Å². The molecule has 6 nitrogen and oxygen atoms in total. The maximum atomic E-state index is 6.16. The highest BCUT2D eigenvalue weighted by molar-refractivity contribution is 7.09. The monoisotopic (exact) mass is 306 g/mol. The maximum absolute atomic E-state index is 6.16. The van der Waals surface area contributed by atoms with E-state index in [1.54, 1.807) is 11.3 Å². The maximum Gasteiger partial charge on any atom is 0.255 e. The SMILES string of the molecule is Cc1noc([C@@H]2C[C@@H]3CCN(Cc4nccs4)C[C@H]3O2)n1. The fourth-order valence-electron chi connectivity index (χ4n) is 3.26. The summed E-state index contributed by atoms with van der Waals surface area (Å²) in [5.41, 5.74) is 0. The van der Waals surface area contributed by atoms with Crippen LogP contribution in [0.2, 0.25) is 0 Å². The Bertz CT molecular complexity index is 600. The van der Waals surface area contributed by atoms with Gasteiger partial charge in [-0.25, -0.2) is 4.98 Å². The molecule has 4 heterocycles. The fourth-order valence-corrected chi connectivity index (χ4v) is 3.92. The summed E-state index contributed by atoms with van der Waals surface area (Å²) in [4.78, 5) is 11.1. The van der Waals surface area contributed by atoms with Crippen LogP contribution in [0.5, 0.6) is 0 Å². The first-order chi connectivity index (χ1) is 10.3. The van der Waals surface area contributed by atoms with Gasteiger partial charge in [-0.3, -0.25) is 4.90 Å². The van der Waals surface area contributed by atoms with Crippen molar-refractivity contribution in [2.45, 2.75) is 38.5 Å². The van der Waals surface area contributed by atoms with Gasteiger partial charge in [0.25, 0.3) is 5.89 Å². The molecule has 0 bridgehead atoms. The molecule has 7 heteroatoms. The van der Waals surface area contributed by atoms with E-state index in [9.17, 15) is 0 Å². The molecule has 0 saturated carbocycles. The first kappa shape index (κ1) is 13.4. The van der Waals surface area contributed by atoms with Gasteiger partial charge >= 0.3 is 0 Å². The highest BCUT2D eigenvalue weighted by Gasteiger charge is 2.41. The van der Waals surface area contributed by atoms with Crippen LogP contribution in [0, 0.1) is 12.8 Å². The van der Waals surface area contributed by atoms with E-state index in [-0.39, 0.29) is 12.2 Å². The number of aryl methyl sites for hydroxylation is 1. The molecule has 2 saturated heterocycles. The molecule has 2 aromatic heterocycles. The number of ether oxygens (including phenoxy) is 1. The van der Waals surface area contributed by atoms with E-state index in [1.165, 1.54) is 11.4 Å². The van der Waals surface area contributed by atoms with Gasteiger partial charge in [-0.05, 0) is 32.2 Å². The van der Waals surface area contributed by atoms with Crippen molar-refractivity contribution in [1.29, 1.82) is 0 Å². The van der Waals surface area contributed by atoms with Crippen molar-refractivity contribution in [3.05, 3.63) is 28.3 Å². The van der Waals surface area contributed by atoms with Crippen molar-refractivity contribution in [1.82, 2.24) is 20.0 Å². The Morgan fingerprint density at radius 3 is 3.19 bits per heavy atom. The minimum Gasteiger partial charge on any atom is -0.364 e. The molecular weight excluding hydrogens is 288 g/mol. The molecule has 112 valence electrons. The average Bonchev–Trinajstić information content (AvgIpc) is 3.18. The van der Waals surface area contributed by atoms with Gasteiger partial charge in [0.15, 0.2) is 5.82 Å². The first-order valence-corrected chi connectivity index (χ1v) is 8.22. The Labute approximate surface area is 127 Å². The number of nitrogens with zero attached hydrogens (tertiary/aromatic N) is 4. The molecule has 4 rings (SSSR count). The second-order valence-electron chi connectivity index (χ2n) is 5.79. The molecule has 2 aromatic rings. The summed E-state index contributed by atoms with van der Waals surface area (Å²) >= 11 is 1.72. The van der Waals surface area contributed by atoms with Crippen molar-refractivity contribution >= 4 is 11.3 Å². The predicted molar refractivity (Wildman–Crippen MR) is 76.8 cm³/mol. The van der Waals surface area contributed by atoms with Crippen LogP contribution in [0.1, 0.15) is 35.7 Å². The van der Waals surface area contributed by atoms with Crippen LogP contribution in [-0.4, -0.2) is 39.2 Å². The van der Waals surface area contributed by atoms with Crippen LogP contribution < -0.4 is 0 Å². The summed E-state index contributed by atoms with van der Waals surface area (Å²) in [6, 6.07) is 0. The van der Waals surface area contributed by atoms with Crippen LogP contribution in [0.25, 0.3) is 0 Å². The number of thiazole rings is 1. The molecule has 21 heavy (non-hydrogen) atoms. The van der Waals surface area contributed by atoms with Crippen LogP contribution >= 0.6 is 11.3 Å². The minimum atomic E-state index is -0.0268. The second kappa shape index (κ2) is 5.47. The Hall–Kier alpha value is -1.31. The Balaban J connectivity index is 1.40. The van der Waals surface area contributed by atoms with Crippen LogP contribution in [0.4, 0.5) is 0 Å². The summed E-state index contributed by atoms with van der Waals surface area (Å²) in [6.07, 6.45) is 4.28. The molecule has 0 amide bonds. The van der Waals surface area contributed by atoms with Crippen molar-refractivity contribution in [3.8, 4) is 0 Å². The summed E-state index contributed by atoms with van der Waals surface area (Å²) in [6.45, 7) is 4.84. The zero-order valence-electron chi connectivity index (χ0n) is 11.9. The van der Waals surface area contributed by atoms with Crippen molar-refractivity contribution in [2.75, 3.05) is 13.1 Å². The number of hydrogen-bond acceptors (Lipinski definition) is 7. The fraction of sp³-hybridized carbons (Fsp3) is 0.643. The molecule has 2 aliphatic rings. The van der Waals surface area contributed by atoms with E-state index < -0.39 is 0 Å². The van der Waals surface area contributed by atoms with E-state index in [0.717, 1.165) is 26.1 Å². The Morgan fingerprint density at radius 1 is 1.48 bits per heavy atom. The van der Waals surface area contributed by atoms with E-state index >= 15 is 0 Å². The molecule has 0 unspecified atom stereocenters. The molecule has 0 aliphatic carbocycles. The summed E-state index contributed by atoms with van der Waals surface area (Å²) in [7, 11) is 0. The zero-order valence-corrected chi connectivity index (χ0v) is 12.8. The van der Waals surface area contributed by atoms with Gasteiger partial charge in [0, 0.05) is 18.1 Å². The van der Waals surface area contributed by atoms with E-state index in [0.29, 0.717) is 17.6 Å². The van der Waals surface area contributed by atoms with Crippen molar-refractivity contribution in [2.24, 2.45) is 5.92 Å². The molecule has 0 N–H and O–H groups in total. The predicted octanol–water partition coefficient (Wildman–Crippen LogP) is 2.19. The number of hydrogen-bond donors (Lipinski definition) is 0. The number of aromatic nitrogens is 3. The summed E-state index contributed by atoms with van der Waals surface area (Å²) in [5.74, 6) is 1.91. The largest absolute Gasteiger partial charge is 0.364 e. The standard InChI is InChI=1S/C14H18N4O2S/c1-9-16-14(20-17-9)11-6-10-2-4-18(7-12(10)19-11)8-13-15-3-5-21-13/h3,5,10-12H,2,4,6-8H2,1H3/t10-,11-,12+/m0/s1. The van der Waals surface area contributed by atoms with Gasteiger partial charge in [0.2, 0.25) is 0 Å². The Kier molecular flexibility index (Phi) is 3.48. The second-order valence-corrected chi connectivity index (χ2v) is 6.77. The van der Waals surface area contributed by atoms with Gasteiger partial charge in [-0.1, -0.05) is 5.16 Å². The van der Waals surface area contributed by atoms with Crippen molar-refractivity contribution < 1.29 is 9.26 Å². The highest BCUT2D eigenvalue weighted by Crippen LogP contribution is 2.40. The third kappa shape index (κ3) is 2.73. The van der Waals surface area contributed by atoms with Gasteiger partial charge in [-0.15, -0.1) is 11.3 Å². The molecule has 3 atom stereocenters. The molecule has 0 aromatic carbocycles. The topological polar surface area (TPSA) is 64.3 Å².